The van der Waals surface area contributed by atoms with Gasteiger partial charge in [0.05, 0.1) is 0 Å². The lowest BCUT2D eigenvalue weighted by Gasteiger charge is -2.09. The molecule has 4 N–H and O–H groups in total. The lowest BCUT2D eigenvalue weighted by Crippen LogP contribution is -2.13. The molecule has 106 valence electrons. The third-order valence-corrected chi connectivity index (χ3v) is 2.66. The number of hydrazine groups is 1. The molecule has 7 nitrogen and oxygen atoms in total. The van der Waals surface area contributed by atoms with E-state index in [9.17, 15) is 0 Å². The van der Waals surface area contributed by atoms with Gasteiger partial charge < -0.3 is 15.5 Å². The van der Waals surface area contributed by atoms with Gasteiger partial charge in [0.15, 0.2) is 5.82 Å². The summed E-state index contributed by atoms with van der Waals surface area (Å²) in [5, 5.41) is 3.24. The SMILES string of the molecule is COCc1nc(NN)cc(NCCc2ccncc2)n1. The molecule has 0 atom stereocenters. The number of rotatable bonds is 7. The van der Waals surface area contributed by atoms with E-state index in [1.807, 2.05) is 12.1 Å². The fourth-order valence-corrected chi connectivity index (χ4v) is 1.74. The highest BCUT2D eigenvalue weighted by Crippen LogP contribution is 2.11. The summed E-state index contributed by atoms with van der Waals surface area (Å²) in [5.41, 5.74) is 3.74. The molecule has 2 rings (SSSR count). The van der Waals surface area contributed by atoms with Gasteiger partial charge in [-0.15, -0.1) is 0 Å². The Labute approximate surface area is 117 Å². The van der Waals surface area contributed by atoms with Crippen molar-refractivity contribution in [3.8, 4) is 0 Å². The molecule has 2 aromatic rings. The first-order valence-electron chi connectivity index (χ1n) is 6.28. The number of nitrogens with zero attached hydrogens (tertiary/aromatic N) is 3. The van der Waals surface area contributed by atoms with E-state index >= 15 is 0 Å². The van der Waals surface area contributed by atoms with E-state index in [1.54, 1.807) is 25.6 Å². The highest BCUT2D eigenvalue weighted by atomic mass is 16.5. The minimum absolute atomic E-state index is 0.342. The average Bonchev–Trinajstić information content (AvgIpc) is 2.48. The van der Waals surface area contributed by atoms with Gasteiger partial charge in [-0.1, -0.05) is 0 Å². The highest BCUT2D eigenvalue weighted by Gasteiger charge is 2.03. The van der Waals surface area contributed by atoms with Crippen molar-refractivity contribution in [2.24, 2.45) is 5.84 Å². The van der Waals surface area contributed by atoms with Crippen molar-refractivity contribution in [1.29, 1.82) is 0 Å². The van der Waals surface area contributed by atoms with Gasteiger partial charge in [0.25, 0.3) is 0 Å². The van der Waals surface area contributed by atoms with Crippen molar-refractivity contribution in [2.45, 2.75) is 13.0 Å². The molecule has 0 saturated carbocycles. The Kier molecular flexibility index (Phi) is 5.22. The van der Waals surface area contributed by atoms with E-state index in [2.05, 4.69) is 25.7 Å². The molecule has 0 saturated heterocycles. The summed E-state index contributed by atoms with van der Waals surface area (Å²) >= 11 is 0. The predicted octanol–water partition coefficient (Wildman–Crippen LogP) is 0.958. The van der Waals surface area contributed by atoms with E-state index < -0.39 is 0 Å². The van der Waals surface area contributed by atoms with Crippen LogP contribution in [-0.2, 0) is 17.8 Å². The number of ether oxygens (including phenoxy) is 1. The first-order chi connectivity index (χ1) is 9.81. The topological polar surface area (TPSA) is 98.0 Å². The largest absolute Gasteiger partial charge is 0.377 e. The summed E-state index contributed by atoms with van der Waals surface area (Å²) in [6.45, 7) is 1.10. The van der Waals surface area contributed by atoms with Crippen LogP contribution >= 0.6 is 0 Å². The zero-order chi connectivity index (χ0) is 14.2. The number of hydrogen-bond donors (Lipinski definition) is 3. The van der Waals surface area contributed by atoms with E-state index in [0.29, 0.717) is 24.1 Å². The molecule has 0 radical (unpaired) electrons. The molecule has 0 amide bonds. The number of methoxy groups -OCH3 is 1. The summed E-state index contributed by atoms with van der Waals surface area (Å²) < 4.78 is 5.03. The third kappa shape index (κ3) is 4.15. The number of anilines is 2. The van der Waals surface area contributed by atoms with Gasteiger partial charge in [-0.05, 0) is 24.1 Å². The van der Waals surface area contributed by atoms with Gasteiger partial charge >= 0.3 is 0 Å². The zero-order valence-electron chi connectivity index (χ0n) is 11.3. The molecule has 0 fully saturated rings. The Morgan fingerprint density at radius 2 is 1.95 bits per heavy atom. The van der Waals surface area contributed by atoms with Crippen LogP contribution in [0.4, 0.5) is 11.6 Å². The highest BCUT2D eigenvalue weighted by molar-refractivity contribution is 5.46. The Bertz CT molecular complexity index is 534. The first-order valence-corrected chi connectivity index (χ1v) is 6.28. The minimum atomic E-state index is 0.342. The third-order valence-electron chi connectivity index (χ3n) is 2.66. The van der Waals surface area contributed by atoms with Crippen molar-refractivity contribution >= 4 is 11.6 Å². The minimum Gasteiger partial charge on any atom is -0.377 e. The maximum atomic E-state index is 5.39. The molecule has 2 aromatic heterocycles. The van der Waals surface area contributed by atoms with Crippen molar-refractivity contribution in [1.82, 2.24) is 15.0 Å². The molecule has 0 aliphatic heterocycles. The molecule has 7 heteroatoms. The number of pyridine rings is 1. The predicted molar refractivity (Wildman–Crippen MR) is 77.0 cm³/mol. The van der Waals surface area contributed by atoms with Gasteiger partial charge in [-0.25, -0.2) is 15.8 Å². The standard InChI is InChI=1S/C13H18N6O/c1-20-9-13-17-11(8-12(18-13)19-14)16-7-4-10-2-5-15-6-3-10/h2-3,5-6,8H,4,7,9,14H2,1H3,(H2,16,17,18,19). The fraction of sp³-hybridized carbons (Fsp3) is 0.308. The van der Waals surface area contributed by atoms with Crippen LogP contribution in [0.5, 0.6) is 0 Å². The van der Waals surface area contributed by atoms with Gasteiger partial charge in [-0.2, -0.15) is 0 Å². The van der Waals surface area contributed by atoms with Gasteiger partial charge in [0.2, 0.25) is 0 Å². The number of nitrogens with one attached hydrogen (secondary N) is 2. The molecular formula is C13H18N6O. The lowest BCUT2D eigenvalue weighted by atomic mass is 10.2. The van der Waals surface area contributed by atoms with Crippen molar-refractivity contribution in [2.75, 3.05) is 24.4 Å². The molecule has 0 aliphatic carbocycles. The average molecular weight is 274 g/mol. The quantitative estimate of drug-likeness (QED) is 0.511. The summed E-state index contributed by atoms with van der Waals surface area (Å²) in [4.78, 5) is 12.5. The van der Waals surface area contributed by atoms with Gasteiger partial charge in [0, 0.05) is 32.1 Å². The van der Waals surface area contributed by atoms with Gasteiger partial charge in [-0.3, -0.25) is 4.98 Å². The van der Waals surface area contributed by atoms with Gasteiger partial charge in [0.1, 0.15) is 18.2 Å². The van der Waals surface area contributed by atoms with Crippen LogP contribution in [0.2, 0.25) is 0 Å². The molecule has 0 aromatic carbocycles. The van der Waals surface area contributed by atoms with E-state index in [4.69, 9.17) is 10.6 Å². The number of aromatic nitrogens is 3. The summed E-state index contributed by atoms with van der Waals surface area (Å²) in [7, 11) is 1.60. The van der Waals surface area contributed by atoms with E-state index in [0.717, 1.165) is 13.0 Å². The number of nitrogens with two attached hydrogens (primary N) is 1. The fourth-order valence-electron chi connectivity index (χ4n) is 1.74. The molecule has 0 unspecified atom stereocenters. The van der Waals surface area contributed by atoms with Crippen molar-refractivity contribution in [3.05, 3.63) is 42.0 Å². The maximum absolute atomic E-state index is 5.39. The normalized spacial score (nSPS) is 10.3. The van der Waals surface area contributed by atoms with Crippen LogP contribution in [-0.4, -0.2) is 28.6 Å². The molecule has 2 heterocycles. The maximum Gasteiger partial charge on any atom is 0.158 e. The zero-order valence-corrected chi connectivity index (χ0v) is 11.3. The van der Waals surface area contributed by atoms with Crippen LogP contribution in [0.1, 0.15) is 11.4 Å². The Morgan fingerprint density at radius 3 is 2.65 bits per heavy atom. The summed E-state index contributed by atoms with van der Waals surface area (Å²) in [6, 6.07) is 5.74. The number of nitrogen functional groups attached to an aromatic ring is 1. The van der Waals surface area contributed by atoms with Crippen LogP contribution in [0, 0.1) is 0 Å². The molecule has 20 heavy (non-hydrogen) atoms. The molecule has 0 spiro atoms. The Morgan fingerprint density at radius 1 is 1.20 bits per heavy atom. The second kappa shape index (κ2) is 7.37. The Hall–Kier alpha value is -2.25. The second-order valence-corrected chi connectivity index (χ2v) is 4.16. The Balaban J connectivity index is 1.96. The van der Waals surface area contributed by atoms with Crippen LogP contribution < -0.4 is 16.6 Å². The molecular weight excluding hydrogens is 256 g/mol. The monoisotopic (exact) mass is 274 g/mol. The van der Waals surface area contributed by atoms with Crippen LogP contribution in [0.15, 0.2) is 30.6 Å². The summed E-state index contributed by atoms with van der Waals surface area (Å²) in [5.74, 6) is 7.24. The smallest absolute Gasteiger partial charge is 0.158 e. The van der Waals surface area contributed by atoms with Crippen molar-refractivity contribution < 1.29 is 4.74 Å². The van der Waals surface area contributed by atoms with E-state index in [-0.39, 0.29) is 0 Å². The second-order valence-electron chi connectivity index (χ2n) is 4.16. The molecule has 0 bridgehead atoms. The van der Waals surface area contributed by atoms with E-state index in [1.165, 1.54) is 5.56 Å². The lowest BCUT2D eigenvalue weighted by molar-refractivity contribution is 0.178. The van der Waals surface area contributed by atoms with Crippen molar-refractivity contribution in [3.63, 3.8) is 0 Å². The number of hydrogen-bond acceptors (Lipinski definition) is 7. The first kappa shape index (κ1) is 14.2. The van der Waals surface area contributed by atoms with Crippen LogP contribution in [0.3, 0.4) is 0 Å². The summed E-state index contributed by atoms with van der Waals surface area (Å²) in [6.07, 6.45) is 4.46. The molecule has 0 aliphatic rings. The van der Waals surface area contributed by atoms with Crippen LogP contribution in [0.25, 0.3) is 0 Å².